The highest BCUT2D eigenvalue weighted by molar-refractivity contribution is 7.98. The number of thioether (sulfide) groups is 1. The van der Waals surface area contributed by atoms with E-state index in [1.165, 1.54) is 16.0 Å². The first kappa shape index (κ1) is 19.4. The van der Waals surface area contributed by atoms with Crippen LogP contribution in [0.3, 0.4) is 0 Å². The van der Waals surface area contributed by atoms with E-state index in [0.29, 0.717) is 0 Å². The molecule has 1 heterocycles. The number of nitrogens with one attached hydrogen (secondary N) is 2. The lowest BCUT2D eigenvalue weighted by atomic mass is 10.1. The first-order valence-corrected chi connectivity index (χ1v) is 9.92. The molecular formula is C19H29N5S. The lowest BCUT2D eigenvalue weighted by molar-refractivity contribution is 0.588. The Morgan fingerprint density at radius 1 is 1.24 bits per heavy atom. The zero-order valence-electron chi connectivity index (χ0n) is 15.7. The lowest BCUT2D eigenvalue weighted by Gasteiger charge is -2.14. The molecule has 25 heavy (non-hydrogen) atoms. The molecule has 0 aliphatic carbocycles. The summed E-state index contributed by atoms with van der Waals surface area (Å²) >= 11 is 1.79. The van der Waals surface area contributed by atoms with Gasteiger partial charge in [0.1, 0.15) is 5.82 Å². The molecule has 6 heteroatoms. The molecule has 0 fully saturated rings. The van der Waals surface area contributed by atoms with Crippen LogP contribution in [0.15, 0.2) is 40.5 Å². The number of aryl methyl sites for hydroxylation is 3. The number of guanidine groups is 1. The van der Waals surface area contributed by atoms with Crippen molar-refractivity contribution in [3.63, 3.8) is 0 Å². The summed E-state index contributed by atoms with van der Waals surface area (Å²) in [5, 5.41) is 6.79. The first-order chi connectivity index (χ1) is 12.1. The van der Waals surface area contributed by atoms with Gasteiger partial charge in [-0.2, -0.15) is 0 Å². The number of aliphatic imine (C=N–C) groups is 1. The van der Waals surface area contributed by atoms with Gasteiger partial charge < -0.3 is 15.2 Å². The molecule has 0 atom stereocenters. The van der Waals surface area contributed by atoms with Crippen molar-refractivity contribution in [3.8, 4) is 0 Å². The number of nitrogens with zero attached hydrogens (tertiary/aromatic N) is 3. The van der Waals surface area contributed by atoms with Crippen LogP contribution in [-0.2, 0) is 13.1 Å². The van der Waals surface area contributed by atoms with Crippen LogP contribution in [0, 0.1) is 13.8 Å². The Labute approximate surface area is 155 Å². The molecule has 136 valence electrons. The van der Waals surface area contributed by atoms with Gasteiger partial charge in [0.05, 0.1) is 0 Å². The van der Waals surface area contributed by atoms with Gasteiger partial charge in [-0.3, -0.25) is 4.99 Å². The highest BCUT2D eigenvalue weighted by atomic mass is 32.2. The van der Waals surface area contributed by atoms with E-state index in [1.807, 2.05) is 26.4 Å². The molecule has 0 aliphatic heterocycles. The summed E-state index contributed by atoms with van der Waals surface area (Å²) in [5.41, 5.74) is 2.60. The Hall–Kier alpha value is -1.95. The summed E-state index contributed by atoms with van der Waals surface area (Å²) in [4.78, 5) is 9.87. The average molecular weight is 360 g/mol. The van der Waals surface area contributed by atoms with E-state index in [9.17, 15) is 0 Å². The van der Waals surface area contributed by atoms with Crippen LogP contribution in [0.2, 0.25) is 0 Å². The third kappa shape index (κ3) is 6.12. The predicted octanol–water partition coefficient (Wildman–Crippen LogP) is 3.37. The smallest absolute Gasteiger partial charge is 0.191 e. The molecule has 0 radical (unpaired) electrons. The van der Waals surface area contributed by atoms with Crippen molar-refractivity contribution in [1.29, 1.82) is 0 Å². The lowest BCUT2D eigenvalue weighted by Crippen LogP contribution is -2.37. The molecule has 0 saturated carbocycles. The number of imidazole rings is 1. The molecular weight excluding hydrogens is 330 g/mol. The van der Waals surface area contributed by atoms with Gasteiger partial charge in [-0.1, -0.05) is 12.1 Å². The fourth-order valence-electron chi connectivity index (χ4n) is 2.65. The molecule has 0 aliphatic rings. The van der Waals surface area contributed by atoms with E-state index in [-0.39, 0.29) is 0 Å². The average Bonchev–Trinajstić information content (AvgIpc) is 3.03. The summed E-state index contributed by atoms with van der Waals surface area (Å²) < 4.78 is 2.19. The third-order valence-corrected chi connectivity index (χ3v) is 4.97. The minimum Gasteiger partial charge on any atom is -0.356 e. The van der Waals surface area contributed by atoms with Gasteiger partial charge in [-0.15, -0.1) is 11.8 Å². The van der Waals surface area contributed by atoms with Crippen molar-refractivity contribution >= 4 is 17.7 Å². The summed E-state index contributed by atoms with van der Waals surface area (Å²) in [5.74, 6) is 1.93. The van der Waals surface area contributed by atoms with E-state index in [1.54, 1.807) is 11.8 Å². The number of benzene rings is 1. The standard InChI is InChI=1S/C19H29N5S/c1-15-7-8-17(18(13-15)25-4)14-23-19(20-3)22-9-5-6-11-24-12-10-21-16(24)2/h7-8,10,12-13H,5-6,9,11,14H2,1-4H3,(H2,20,22,23). The molecule has 0 unspecified atom stereocenters. The largest absolute Gasteiger partial charge is 0.356 e. The van der Waals surface area contributed by atoms with Gasteiger partial charge in [0.25, 0.3) is 0 Å². The zero-order valence-corrected chi connectivity index (χ0v) is 16.5. The third-order valence-electron chi connectivity index (χ3n) is 4.15. The fraction of sp³-hybridized carbons (Fsp3) is 0.474. The van der Waals surface area contributed by atoms with E-state index >= 15 is 0 Å². The number of hydrogen-bond donors (Lipinski definition) is 2. The minimum atomic E-state index is 0.782. The van der Waals surface area contributed by atoms with Crippen LogP contribution >= 0.6 is 11.8 Å². The van der Waals surface area contributed by atoms with Crippen molar-refractivity contribution in [2.24, 2.45) is 4.99 Å². The Bertz CT molecular complexity index is 693. The maximum absolute atomic E-state index is 4.31. The molecule has 5 nitrogen and oxygen atoms in total. The van der Waals surface area contributed by atoms with Crippen molar-refractivity contribution < 1.29 is 0 Å². The van der Waals surface area contributed by atoms with Crippen LogP contribution < -0.4 is 10.6 Å². The SMILES string of the molecule is CN=C(NCCCCn1ccnc1C)NCc1ccc(C)cc1SC. The predicted molar refractivity (Wildman–Crippen MR) is 107 cm³/mol. The van der Waals surface area contributed by atoms with E-state index in [4.69, 9.17) is 0 Å². The van der Waals surface area contributed by atoms with Crippen LogP contribution in [0.5, 0.6) is 0 Å². The second-order valence-corrected chi connectivity index (χ2v) is 6.89. The van der Waals surface area contributed by atoms with E-state index < -0.39 is 0 Å². The van der Waals surface area contributed by atoms with Gasteiger partial charge in [-0.25, -0.2) is 4.98 Å². The van der Waals surface area contributed by atoms with Crippen molar-refractivity contribution in [2.45, 2.75) is 44.7 Å². The van der Waals surface area contributed by atoms with Gasteiger partial charge >= 0.3 is 0 Å². The van der Waals surface area contributed by atoms with Crippen molar-refractivity contribution in [2.75, 3.05) is 19.8 Å². The molecule has 1 aromatic heterocycles. The Kier molecular flexibility index (Phi) is 7.85. The Morgan fingerprint density at radius 2 is 2.08 bits per heavy atom. The Balaban J connectivity index is 1.71. The monoisotopic (exact) mass is 359 g/mol. The maximum Gasteiger partial charge on any atom is 0.191 e. The van der Waals surface area contributed by atoms with Gasteiger partial charge in [0.15, 0.2) is 5.96 Å². The van der Waals surface area contributed by atoms with Crippen LogP contribution in [0.1, 0.15) is 29.8 Å². The summed E-state index contributed by atoms with van der Waals surface area (Å²) in [6.07, 6.45) is 8.23. The molecule has 0 bridgehead atoms. The quantitative estimate of drug-likeness (QED) is 0.328. The number of rotatable bonds is 8. The van der Waals surface area contributed by atoms with Crippen molar-refractivity contribution in [3.05, 3.63) is 47.5 Å². The second-order valence-electron chi connectivity index (χ2n) is 6.04. The van der Waals surface area contributed by atoms with E-state index in [0.717, 1.165) is 44.3 Å². The van der Waals surface area contributed by atoms with Crippen LogP contribution in [0.4, 0.5) is 0 Å². The summed E-state index contributed by atoms with van der Waals surface area (Å²) in [7, 11) is 1.81. The van der Waals surface area contributed by atoms with Gasteiger partial charge in [0, 0.05) is 44.0 Å². The fourth-order valence-corrected chi connectivity index (χ4v) is 3.36. The number of unbranched alkanes of at least 4 members (excludes halogenated alkanes) is 1. The van der Waals surface area contributed by atoms with Gasteiger partial charge in [-0.05, 0) is 50.1 Å². The molecule has 0 saturated heterocycles. The number of hydrogen-bond acceptors (Lipinski definition) is 3. The number of aromatic nitrogens is 2. The highest BCUT2D eigenvalue weighted by Gasteiger charge is 2.04. The molecule has 2 aromatic rings. The van der Waals surface area contributed by atoms with E-state index in [2.05, 4.69) is 56.6 Å². The van der Waals surface area contributed by atoms with Crippen molar-refractivity contribution in [1.82, 2.24) is 20.2 Å². The van der Waals surface area contributed by atoms with Gasteiger partial charge in [0.2, 0.25) is 0 Å². The molecule has 0 amide bonds. The normalized spacial score (nSPS) is 11.6. The topological polar surface area (TPSA) is 54.2 Å². The summed E-state index contributed by atoms with van der Waals surface area (Å²) in [6, 6.07) is 6.58. The molecule has 2 rings (SSSR count). The molecule has 1 aromatic carbocycles. The molecule has 2 N–H and O–H groups in total. The van der Waals surface area contributed by atoms with Crippen LogP contribution in [-0.4, -0.2) is 35.4 Å². The molecule has 0 spiro atoms. The van der Waals surface area contributed by atoms with Crippen LogP contribution in [0.25, 0.3) is 0 Å². The summed E-state index contributed by atoms with van der Waals surface area (Å²) in [6.45, 7) is 6.88. The highest BCUT2D eigenvalue weighted by Crippen LogP contribution is 2.21. The second kappa shape index (κ2) is 10.1. The zero-order chi connectivity index (χ0) is 18.1. The Morgan fingerprint density at radius 3 is 2.76 bits per heavy atom. The minimum absolute atomic E-state index is 0.782. The first-order valence-electron chi connectivity index (χ1n) is 8.70. The maximum atomic E-state index is 4.31.